The lowest BCUT2D eigenvalue weighted by atomic mass is 10.00. The van der Waals surface area contributed by atoms with Crippen LogP contribution in [0.25, 0.3) is 0 Å². The Bertz CT molecular complexity index is 331. The molecule has 0 saturated heterocycles. The Morgan fingerprint density at radius 3 is 1.95 bits per heavy atom. The van der Waals surface area contributed by atoms with E-state index in [9.17, 15) is 0 Å². The summed E-state index contributed by atoms with van der Waals surface area (Å²) in [6.45, 7) is 17.7. The number of nitrogens with zero attached hydrogens (tertiary/aromatic N) is 2. The molecule has 0 rings (SSSR count). The van der Waals surface area contributed by atoms with Crippen molar-refractivity contribution in [1.29, 1.82) is 0 Å². The van der Waals surface area contributed by atoms with E-state index in [4.69, 9.17) is 12.2 Å². The maximum Gasteiger partial charge on any atom is 0.168 e. The van der Waals surface area contributed by atoms with Gasteiger partial charge in [0.15, 0.2) is 5.11 Å². The van der Waals surface area contributed by atoms with Gasteiger partial charge in [-0.25, -0.2) is 0 Å². The first-order chi connectivity index (χ1) is 8.93. The molecule has 20 heavy (non-hydrogen) atoms. The lowest BCUT2D eigenvalue weighted by molar-refractivity contribution is 0.317. The highest BCUT2D eigenvalue weighted by atomic mass is 32.1. The molecule has 0 heterocycles. The SMILES string of the molecule is CC(C)CNC(=S)NC(C)(CC(C)C)/N=N/C(C)(C)C. The smallest absolute Gasteiger partial charge is 0.168 e. The zero-order chi connectivity index (χ0) is 16.0. The number of azo groups is 1. The molecule has 1 atom stereocenters. The summed E-state index contributed by atoms with van der Waals surface area (Å²) >= 11 is 5.36. The first-order valence-electron chi connectivity index (χ1n) is 7.43. The summed E-state index contributed by atoms with van der Waals surface area (Å²) in [5.41, 5.74) is -0.630. The van der Waals surface area contributed by atoms with Crippen LogP contribution < -0.4 is 10.6 Å². The summed E-state index contributed by atoms with van der Waals surface area (Å²) in [6, 6.07) is 0. The summed E-state index contributed by atoms with van der Waals surface area (Å²) in [6.07, 6.45) is 0.885. The summed E-state index contributed by atoms with van der Waals surface area (Å²) in [5.74, 6) is 1.07. The van der Waals surface area contributed by atoms with Gasteiger partial charge in [-0.05, 0) is 58.2 Å². The number of thiocarbonyl (C=S) groups is 1. The Labute approximate surface area is 130 Å². The number of hydrogen-bond acceptors (Lipinski definition) is 3. The molecule has 0 saturated carbocycles. The summed E-state index contributed by atoms with van der Waals surface area (Å²) in [4.78, 5) is 0. The van der Waals surface area contributed by atoms with Crippen molar-refractivity contribution in [2.24, 2.45) is 22.1 Å². The van der Waals surface area contributed by atoms with Gasteiger partial charge in [-0.2, -0.15) is 10.2 Å². The molecular weight excluding hydrogens is 268 g/mol. The molecule has 0 aromatic rings. The van der Waals surface area contributed by atoms with E-state index in [-0.39, 0.29) is 5.54 Å². The van der Waals surface area contributed by atoms with Crippen molar-refractivity contribution >= 4 is 17.3 Å². The third-order valence-electron chi connectivity index (χ3n) is 2.43. The molecule has 0 aromatic heterocycles. The molecule has 0 aromatic carbocycles. The van der Waals surface area contributed by atoms with Crippen molar-refractivity contribution in [3.05, 3.63) is 0 Å². The van der Waals surface area contributed by atoms with Gasteiger partial charge in [-0.3, -0.25) is 0 Å². The fourth-order valence-electron chi connectivity index (χ4n) is 1.76. The van der Waals surface area contributed by atoms with Gasteiger partial charge >= 0.3 is 0 Å². The average Bonchev–Trinajstić information content (AvgIpc) is 2.21. The minimum absolute atomic E-state index is 0.174. The first-order valence-corrected chi connectivity index (χ1v) is 7.84. The Balaban J connectivity index is 4.78. The summed E-state index contributed by atoms with van der Waals surface area (Å²) in [5, 5.41) is 16.1. The van der Waals surface area contributed by atoms with Crippen molar-refractivity contribution in [3.8, 4) is 0 Å². The van der Waals surface area contributed by atoms with Gasteiger partial charge in [-0.15, -0.1) is 0 Å². The Morgan fingerprint density at radius 2 is 1.55 bits per heavy atom. The Hall–Kier alpha value is -0.710. The normalized spacial score (nSPS) is 15.7. The first kappa shape index (κ1) is 19.3. The van der Waals surface area contributed by atoms with E-state index in [0.29, 0.717) is 16.9 Å². The van der Waals surface area contributed by atoms with Crippen LogP contribution >= 0.6 is 12.2 Å². The lowest BCUT2D eigenvalue weighted by Crippen LogP contribution is -2.50. The quantitative estimate of drug-likeness (QED) is 0.573. The second-order valence-corrected chi connectivity index (χ2v) is 7.88. The highest BCUT2D eigenvalue weighted by molar-refractivity contribution is 7.80. The lowest BCUT2D eigenvalue weighted by Gasteiger charge is -2.30. The van der Waals surface area contributed by atoms with E-state index in [2.05, 4.69) is 48.6 Å². The fraction of sp³-hybridized carbons (Fsp3) is 0.933. The predicted octanol–water partition coefficient (Wildman–Crippen LogP) is 4.12. The molecule has 0 fully saturated rings. The van der Waals surface area contributed by atoms with Gasteiger partial charge in [0.05, 0.1) is 5.54 Å². The van der Waals surface area contributed by atoms with Crippen LogP contribution in [-0.4, -0.2) is 22.9 Å². The molecule has 0 amide bonds. The number of rotatable bonds is 6. The molecular formula is C15H32N4S. The largest absolute Gasteiger partial charge is 0.362 e. The van der Waals surface area contributed by atoms with Gasteiger partial charge in [-0.1, -0.05) is 27.7 Å². The molecule has 0 aliphatic heterocycles. The molecule has 2 N–H and O–H groups in total. The maximum absolute atomic E-state index is 5.36. The molecule has 0 bridgehead atoms. The zero-order valence-electron chi connectivity index (χ0n) is 14.4. The Kier molecular flexibility index (Phi) is 7.63. The molecule has 4 nitrogen and oxygen atoms in total. The Morgan fingerprint density at radius 1 is 1.00 bits per heavy atom. The fourth-order valence-corrected chi connectivity index (χ4v) is 2.06. The van der Waals surface area contributed by atoms with E-state index in [1.54, 1.807) is 0 Å². The van der Waals surface area contributed by atoms with Crippen LogP contribution in [0.1, 0.15) is 61.8 Å². The maximum atomic E-state index is 5.36. The van der Waals surface area contributed by atoms with Crippen LogP contribution in [0, 0.1) is 11.8 Å². The van der Waals surface area contributed by atoms with Crippen molar-refractivity contribution in [1.82, 2.24) is 10.6 Å². The topological polar surface area (TPSA) is 48.8 Å². The van der Waals surface area contributed by atoms with E-state index < -0.39 is 5.66 Å². The van der Waals surface area contributed by atoms with Gasteiger partial charge in [0.25, 0.3) is 0 Å². The molecule has 0 spiro atoms. The molecule has 0 radical (unpaired) electrons. The van der Waals surface area contributed by atoms with Crippen molar-refractivity contribution in [3.63, 3.8) is 0 Å². The standard InChI is InChI=1S/C15H32N4S/c1-11(2)9-15(8,19-18-14(5,6)7)17-13(20)16-10-12(3)4/h11-12H,9-10H2,1-8H3,(H2,16,17,20)/b19-18+. The average molecular weight is 301 g/mol. The minimum Gasteiger partial charge on any atom is -0.362 e. The van der Waals surface area contributed by atoms with Crippen LogP contribution in [0.15, 0.2) is 10.2 Å². The predicted molar refractivity (Wildman–Crippen MR) is 91.0 cm³/mol. The van der Waals surface area contributed by atoms with Crippen molar-refractivity contribution in [2.45, 2.75) is 73.0 Å². The third-order valence-corrected chi connectivity index (χ3v) is 2.68. The molecule has 1 unspecified atom stereocenters. The van der Waals surface area contributed by atoms with Crippen LogP contribution in [0.2, 0.25) is 0 Å². The summed E-state index contributed by atoms with van der Waals surface area (Å²) in [7, 11) is 0. The van der Waals surface area contributed by atoms with E-state index in [0.717, 1.165) is 13.0 Å². The van der Waals surface area contributed by atoms with Crippen LogP contribution in [-0.2, 0) is 0 Å². The second kappa shape index (κ2) is 7.91. The van der Waals surface area contributed by atoms with Gasteiger partial charge in [0.1, 0.15) is 5.66 Å². The van der Waals surface area contributed by atoms with Crippen LogP contribution in [0.4, 0.5) is 0 Å². The van der Waals surface area contributed by atoms with E-state index >= 15 is 0 Å². The van der Waals surface area contributed by atoms with Gasteiger partial charge in [0, 0.05) is 6.54 Å². The van der Waals surface area contributed by atoms with Crippen molar-refractivity contribution < 1.29 is 0 Å². The highest BCUT2D eigenvalue weighted by Gasteiger charge is 2.27. The number of hydrogen-bond donors (Lipinski definition) is 2. The molecule has 5 heteroatoms. The molecule has 0 aliphatic rings. The number of nitrogens with one attached hydrogen (secondary N) is 2. The van der Waals surface area contributed by atoms with Gasteiger partial charge in [0.2, 0.25) is 0 Å². The van der Waals surface area contributed by atoms with Crippen LogP contribution in [0.5, 0.6) is 0 Å². The van der Waals surface area contributed by atoms with Crippen LogP contribution in [0.3, 0.4) is 0 Å². The van der Waals surface area contributed by atoms with E-state index in [1.165, 1.54) is 0 Å². The minimum atomic E-state index is -0.456. The molecule has 0 aliphatic carbocycles. The third kappa shape index (κ3) is 10.1. The second-order valence-electron chi connectivity index (χ2n) is 7.47. The van der Waals surface area contributed by atoms with Crippen molar-refractivity contribution in [2.75, 3.05) is 6.54 Å². The summed E-state index contributed by atoms with van der Waals surface area (Å²) < 4.78 is 0. The van der Waals surface area contributed by atoms with Gasteiger partial charge < -0.3 is 10.6 Å². The monoisotopic (exact) mass is 300 g/mol. The highest BCUT2D eigenvalue weighted by Crippen LogP contribution is 2.21. The molecule has 118 valence electrons. The van der Waals surface area contributed by atoms with E-state index in [1.807, 2.05) is 27.7 Å². The zero-order valence-corrected chi connectivity index (χ0v) is 15.2.